The second-order valence-electron chi connectivity index (χ2n) is 6.62. The average Bonchev–Trinajstić information content (AvgIpc) is 3.05. The van der Waals surface area contributed by atoms with E-state index in [1.807, 2.05) is 23.5 Å². The molecule has 0 bridgehead atoms. The van der Waals surface area contributed by atoms with Gasteiger partial charge in [0.05, 0.1) is 0 Å². The van der Waals surface area contributed by atoms with Crippen LogP contribution in [0, 0.1) is 0 Å². The lowest BCUT2D eigenvalue weighted by atomic mass is 10.2. The van der Waals surface area contributed by atoms with Crippen LogP contribution in [-0.2, 0) is 6.54 Å². The summed E-state index contributed by atoms with van der Waals surface area (Å²) in [5, 5.41) is 1.21. The van der Waals surface area contributed by atoms with E-state index in [9.17, 15) is 0 Å². The van der Waals surface area contributed by atoms with E-state index in [4.69, 9.17) is 0 Å². The third-order valence-electron chi connectivity index (χ3n) is 4.60. The Balaban J connectivity index is 1.48. The number of thioether (sulfide) groups is 2. The molecular weight excluding hydrogens is 354 g/mol. The lowest BCUT2D eigenvalue weighted by molar-refractivity contribution is 0.333. The van der Waals surface area contributed by atoms with Crippen molar-refractivity contribution in [3.8, 4) is 0 Å². The third-order valence-corrected chi connectivity index (χ3v) is 7.42. The molecule has 0 aromatic heterocycles. The van der Waals surface area contributed by atoms with E-state index in [-0.39, 0.29) is 0 Å². The second kappa shape index (κ2) is 8.81. The molecule has 26 heavy (non-hydrogen) atoms. The highest BCUT2D eigenvalue weighted by atomic mass is 32.2. The number of hydrogen-bond donors (Lipinski definition) is 0. The van der Waals surface area contributed by atoms with Gasteiger partial charge in [-0.05, 0) is 29.8 Å². The summed E-state index contributed by atoms with van der Waals surface area (Å²) in [5.74, 6) is 0. The molecule has 3 aromatic rings. The summed E-state index contributed by atoms with van der Waals surface area (Å²) in [6, 6.07) is 32.5. The fraction of sp³-hybridized carbons (Fsp3) is 0.217. The van der Waals surface area contributed by atoms with Crippen molar-refractivity contribution in [2.24, 2.45) is 0 Å². The molecule has 0 spiro atoms. The van der Waals surface area contributed by atoms with Crippen LogP contribution in [0.15, 0.2) is 101 Å². The maximum absolute atomic E-state index is 2.61. The standard InChI is InChI=1S/C23H23NS2/c1-4-10-19(11-5-1)16-24-17-22(25-20-12-6-2-7-13-20)23(18-24)26-21-14-8-3-9-15-21/h1-15,22-23H,16-18H2/t22-,23-/m1/s1. The van der Waals surface area contributed by atoms with Gasteiger partial charge in [0.2, 0.25) is 0 Å². The van der Waals surface area contributed by atoms with E-state index in [1.165, 1.54) is 15.4 Å². The molecule has 1 saturated heterocycles. The van der Waals surface area contributed by atoms with Crippen LogP contribution >= 0.6 is 23.5 Å². The minimum Gasteiger partial charge on any atom is -0.297 e. The molecule has 0 amide bonds. The first-order valence-corrected chi connectivity index (χ1v) is 10.8. The van der Waals surface area contributed by atoms with E-state index < -0.39 is 0 Å². The van der Waals surface area contributed by atoms with Crippen LogP contribution in [0.4, 0.5) is 0 Å². The van der Waals surface area contributed by atoms with Gasteiger partial charge in [-0.1, -0.05) is 66.7 Å². The van der Waals surface area contributed by atoms with Gasteiger partial charge in [-0.25, -0.2) is 0 Å². The normalized spacial score (nSPS) is 20.3. The zero-order valence-electron chi connectivity index (χ0n) is 14.7. The number of likely N-dealkylation sites (tertiary alicyclic amines) is 1. The third kappa shape index (κ3) is 4.73. The Labute approximate surface area is 164 Å². The molecule has 4 rings (SSSR count). The lowest BCUT2D eigenvalue weighted by Gasteiger charge is -2.17. The summed E-state index contributed by atoms with van der Waals surface area (Å²) in [5.41, 5.74) is 1.40. The summed E-state index contributed by atoms with van der Waals surface area (Å²) >= 11 is 4.06. The van der Waals surface area contributed by atoms with Crippen molar-refractivity contribution in [3.05, 3.63) is 96.6 Å². The molecular formula is C23H23NS2. The topological polar surface area (TPSA) is 3.24 Å². The minimum atomic E-state index is 0.603. The Hall–Kier alpha value is -1.68. The molecule has 132 valence electrons. The Morgan fingerprint density at radius 3 is 1.50 bits per heavy atom. The Kier molecular flexibility index (Phi) is 6.00. The van der Waals surface area contributed by atoms with Crippen LogP contribution < -0.4 is 0 Å². The zero-order valence-corrected chi connectivity index (χ0v) is 16.3. The largest absolute Gasteiger partial charge is 0.297 e. The monoisotopic (exact) mass is 377 g/mol. The second-order valence-corrected chi connectivity index (χ2v) is 9.24. The molecule has 1 aliphatic heterocycles. The highest BCUT2D eigenvalue weighted by Gasteiger charge is 2.34. The van der Waals surface area contributed by atoms with Crippen molar-refractivity contribution in [1.29, 1.82) is 0 Å². The van der Waals surface area contributed by atoms with Gasteiger partial charge in [-0.15, -0.1) is 23.5 Å². The molecule has 1 nitrogen and oxygen atoms in total. The van der Waals surface area contributed by atoms with Crippen molar-refractivity contribution in [2.75, 3.05) is 13.1 Å². The highest BCUT2D eigenvalue weighted by molar-refractivity contribution is 8.04. The predicted molar refractivity (Wildman–Crippen MR) is 114 cm³/mol. The zero-order chi connectivity index (χ0) is 17.6. The van der Waals surface area contributed by atoms with E-state index >= 15 is 0 Å². The van der Waals surface area contributed by atoms with Crippen molar-refractivity contribution < 1.29 is 0 Å². The molecule has 3 aromatic carbocycles. The van der Waals surface area contributed by atoms with Gasteiger partial charge in [0.25, 0.3) is 0 Å². The molecule has 2 atom stereocenters. The number of rotatable bonds is 6. The molecule has 1 aliphatic rings. The molecule has 0 radical (unpaired) electrons. The molecule has 0 N–H and O–H groups in total. The van der Waals surface area contributed by atoms with E-state index in [2.05, 4.69) is 95.9 Å². The van der Waals surface area contributed by atoms with Gasteiger partial charge in [-0.2, -0.15) is 0 Å². The molecule has 3 heteroatoms. The van der Waals surface area contributed by atoms with Crippen LogP contribution in [0.25, 0.3) is 0 Å². The van der Waals surface area contributed by atoms with Crippen LogP contribution in [0.1, 0.15) is 5.56 Å². The van der Waals surface area contributed by atoms with Crippen molar-refractivity contribution in [2.45, 2.75) is 26.8 Å². The van der Waals surface area contributed by atoms with Crippen molar-refractivity contribution in [1.82, 2.24) is 4.90 Å². The summed E-state index contributed by atoms with van der Waals surface area (Å²) < 4.78 is 0. The Morgan fingerprint density at radius 2 is 1.04 bits per heavy atom. The van der Waals surface area contributed by atoms with Gasteiger partial charge in [0.15, 0.2) is 0 Å². The highest BCUT2D eigenvalue weighted by Crippen LogP contribution is 2.39. The van der Waals surface area contributed by atoms with Crippen LogP contribution in [0.3, 0.4) is 0 Å². The van der Waals surface area contributed by atoms with Gasteiger partial charge in [0, 0.05) is 39.9 Å². The Bertz CT molecular complexity index is 743. The maximum Gasteiger partial charge on any atom is 0.0357 e. The summed E-state index contributed by atoms with van der Waals surface area (Å²) in [6.45, 7) is 3.32. The molecule has 0 unspecified atom stereocenters. The van der Waals surface area contributed by atoms with Crippen molar-refractivity contribution >= 4 is 23.5 Å². The first-order chi connectivity index (χ1) is 12.9. The van der Waals surface area contributed by atoms with Gasteiger partial charge < -0.3 is 0 Å². The number of hydrogen-bond acceptors (Lipinski definition) is 3. The molecule has 0 saturated carbocycles. The van der Waals surface area contributed by atoms with Crippen LogP contribution in [0.2, 0.25) is 0 Å². The predicted octanol–water partition coefficient (Wildman–Crippen LogP) is 5.82. The fourth-order valence-corrected chi connectivity index (χ4v) is 6.07. The van der Waals surface area contributed by atoms with Gasteiger partial charge >= 0.3 is 0 Å². The summed E-state index contributed by atoms with van der Waals surface area (Å²) in [4.78, 5) is 5.35. The Morgan fingerprint density at radius 1 is 0.615 bits per heavy atom. The number of nitrogens with zero attached hydrogens (tertiary/aromatic N) is 1. The number of benzene rings is 3. The fourth-order valence-electron chi connectivity index (χ4n) is 3.36. The van der Waals surface area contributed by atoms with E-state index in [0.717, 1.165) is 19.6 Å². The first kappa shape index (κ1) is 17.7. The van der Waals surface area contributed by atoms with Crippen molar-refractivity contribution in [3.63, 3.8) is 0 Å². The van der Waals surface area contributed by atoms with Gasteiger partial charge in [0.1, 0.15) is 0 Å². The van der Waals surface area contributed by atoms with Crippen LogP contribution in [-0.4, -0.2) is 28.5 Å². The van der Waals surface area contributed by atoms with E-state index in [0.29, 0.717) is 10.5 Å². The first-order valence-electron chi connectivity index (χ1n) is 9.06. The minimum absolute atomic E-state index is 0.603. The molecule has 0 aliphatic carbocycles. The quantitative estimate of drug-likeness (QED) is 0.532. The smallest absolute Gasteiger partial charge is 0.0357 e. The average molecular weight is 378 g/mol. The van der Waals surface area contributed by atoms with Crippen LogP contribution in [0.5, 0.6) is 0 Å². The SMILES string of the molecule is c1ccc(CN2C[C@@H](Sc3ccccc3)[C@H](Sc3ccccc3)C2)cc1. The summed E-state index contributed by atoms with van der Waals surface area (Å²) in [7, 11) is 0. The van der Waals surface area contributed by atoms with Gasteiger partial charge in [-0.3, -0.25) is 4.90 Å². The molecule has 1 fully saturated rings. The molecule has 1 heterocycles. The van der Waals surface area contributed by atoms with E-state index in [1.54, 1.807) is 0 Å². The maximum atomic E-state index is 2.61. The lowest BCUT2D eigenvalue weighted by Crippen LogP contribution is -2.20. The summed E-state index contributed by atoms with van der Waals surface area (Å²) in [6.07, 6.45) is 0.